The number of hydrogen-bond donors (Lipinski definition) is 2. The highest BCUT2D eigenvalue weighted by atomic mass is 16.5. The number of rotatable bonds is 7. The first-order valence-electron chi connectivity index (χ1n) is 6.69. The summed E-state index contributed by atoms with van der Waals surface area (Å²) in [7, 11) is 3.37. The minimum absolute atomic E-state index is 0.0511. The van der Waals surface area contributed by atoms with E-state index in [1.54, 1.807) is 45.3 Å². The van der Waals surface area contributed by atoms with Gasteiger partial charge in [-0.3, -0.25) is 4.79 Å². The molecule has 6 heteroatoms. The minimum atomic E-state index is -0.742. The van der Waals surface area contributed by atoms with E-state index in [0.717, 1.165) is 0 Å². The molecule has 0 saturated heterocycles. The zero-order valence-corrected chi connectivity index (χ0v) is 12.5. The number of amides is 1. The van der Waals surface area contributed by atoms with E-state index in [1.165, 1.54) is 4.90 Å². The van der Waals surface area contributed by atoms with Crippen LogP contribution in [0.1, 0.15) is 12.5 Å². The third-order valence-corrected chi connectivity index (χ3v) is 2.88. The van der Waals surface area contributed by atoms with Crippen molar-refractivity contribution in [1.82, 2.24) is 10.2 Å². The highest BCUT2D eigenvalue weighted by molar-refractivity contribution is 5.80. The third kappa shape index (κ3) is 5.81. The summed E-state index contributed by atoms with van der Waals surface area (Å²) in [6.07, 6.45) is -0.742. The summed E-state index contributed by atoms with van der Waals surface area (Å²) in [5.41, 5.74) is 0.505. The summed E-state index contributed by atoms with van der Waals surface area (Å²) < 4.78 is 5.41. The van der Waals surface area contributed by atoms with Crippen LogP contribution in [0.2, 0.25) is 0 Å². The fourth-order valence-corrected chi connectivity index (χ4v) is 1.69. The van der Waals surface area contributed by atoms with Gasteiger partial charge in [0, 0.05) is 20.6 Å². The molecule has 1 aromatic carbocycles. The number of carbonyl (C=O) groups is 1. The Kier molecular flexibility index (Phi) is 6.66. The lowest BCUT2D eigenvalue weighted by atomic mass is 10.2. The lowest BCUT2D eigenvalue weighted by molar-refractivity contribution is -0.130. The van der Waals surface area contributed by atoms with Crippen molar-refractivity contribution in [2.45, 2.75) is 19.1 Å². The van der Waals surface area contributed by atoms with Gasteiger partial charge in [0.05, 0.1) is 17.7 Å². The topological polar surface area (TPSA) is 85.6 Å². The molecule has 0 bridgehead atoms. The van der Waals surface area contributed by atoms with Crippen molar-refractivity contribution >= 4 is 5.91 Å². The number of aliphatic hydroxyl groups excluding tert-OH is 1. The molecule has 0 radical (unpaired) electrons. The van der Waals surface area contributed by atoms with Gasteiger partial charge in [-0.2, -0.15) is 5.26 Å². The Bertz CT molecular complexity index is 511. The number of likely N-dealkylation sites (N-methyl/N-ethyl adjacent to an activating group) is 1. The second kappa shape index (κ2) is 8.25. The maximum Gasteiger partial charge on any atom is 0.238 e. The summed E-state index contributed by atoms with van der Waals surface area (Å²) in [6, 6.07) is 8.39. The second-order valence-corrected chi connectivity index (χ2v) is 4.97. The van der Waals surface area contributed by atoms with Crippen molar-refractivity contribution in [2.75, 3.05) is 27.2 Å². The zero-order chi connectivity index (χ0) is 15.8. The van der Waals surface area contributed by atoms with Gasteiger partial charge in [-0.05, 0) is 25.1 Å². The second-order valence-electron chi connectivity index (χ2n) is 4.97. The van der Waals surface area contributed by atoms with Gasteiger partial charge in [-0.25, -0.2) is 0 Å². The van der Waals surface area contributed by atoms with Gasteiger partial charge in [0.1, 0.15) is 18.5 Å². The zero-order valence-electron chi connectivity index (χ0n) is 12.5. The SMILES string of the molecule is CC(NCC(O)COc1cccc(C#N)c1)C(=O)N(C)C. The van der Waals surface area contributed by atoms with E-state index in [0.29, 0.717) is 11.3 Å². The normalized spacial score (nSPS) is 13.1. The van der Waals surface area contributed by atoms with Gasteiger partial charge in [0.2, 0.25) is 5.91 Å². The van der Waals surface area contributed by atoms with Crippen LogP contribution in [-0.4, -0.2) is 55.3 Å². The molecule has 0 aliphatic carbocycles. The lowest BCUT2D eigenvalue weighted by Crippen LogP contribution is -2.45. The number of nitriles is 1. The first-order valence-corrected chi connectivity index (χ1v) is 6.69. The maximum absolute atomic E-state index is 11.6. The van der Waals surface area contributed by atoms with Crippen molar-refractivity contribution in [3.63, 3.8) is 0 Å². The fraction of sp³-hybridized carbons (Fsp3) is 0.467. The van der Waals surface area contributed by atoms with Crippen LogP contribution >= 0.6 is 0 Å². The Hall–Kier alpha value is -2.10. The standard InChI is InChI=1S/C15H21N3O3/c1-11(15(20)18(2)3)17-9-13(19)10-21-14-6-4-5-12(7-14)8-16/h4-7,11,13,17,19H,9-10H2,1-3H3. The monoisotopic (exact) mass is 291 g/mol. The third-order valence-electron chi connectivity index (χ3n) is 2.88. The van der Waals surface area contributed by atoms with E-state index in [2.05, 4.69) is 5.32 Å². The average molecular weight is 291 g/mol. The van der Waals surface area contributed by atoms with Crippen LogP contribution in [0.15, 0.2) is 24.3 Å². The van der Waals surface area contributed by atoms with Gasteiger partial charge in [0.15, 0.2) is 0 Å². The molecule has 6 nitrogen and oxygen atoms in total. The van der Waals surface area contributed by atoms with E-state index in [-0.39, 0.29) is 25.1 Å². The van der Waals surface area contributed by atoms with Crippen LogP contribution < -0.4 is 10.1 Å². The number of carbonyl (C=O) groups excluding carboxylic acids is 1. The molecule has 0 aliphatic heterocycles. The Morgan fingerprint density at radius 2 is 2.24 bits per heavy atom. The van der Waals surface area contributed by atoms with Crippen LogP contribution in [0.25, 0.3) is 0 Å². The van der Waals surface area contributed by atoms with Crippen LogP contribution in [0.3, 0.4) is 0 Å². The van der Waals surface area contributed by atoms with E-state index >= 15 is 0 Å². The van der Waals surface area contributed by atoms with Gasteiger partial charge < -0.3 is 20.1 Å². The van der Waals surface area contributed by atoms with E-state index in [9.17, 15) is 9.90 Å². The Morgan fingerprint density at radius 3 is 2.86 bits per heavy atom. The molecular weight excluding hydrogens is 270 g/mol. The van der Waals surface area contributed by atoms with Gasteiger partial charge in [0.25, 0.3) is 0 Å². The molecule has 2 unspecified atom stereocenters. The molecule has 0 fully saturated rings. The number of ether oxygens (including phenoxy) is 1. The highest BCUT2D eigenvalue weighted by Gasteiger charge is 2.15. The molecule has 2 atom stereocenters. The molecule has 1 rings (SSSR count). The average Bonchev–Trinajstić information content (AvgIpc) is 2.49. The Morgan fingerprint density at radius 1 is 1.52 bits per heavy atom. The van der Waals surface area contributed by atoms with E-state index in [1.807, 2.05) is 6.07 Å². The first kappa shape index (κ1) is 17.0. The van der Waals surface area contributed by atoms with Gasteiger partial charge in [-0.15, -0.1) is 0 Å². The molecule has 2 N–H and O–H groups in total. The molecule has 0 heterocycles. The fourth-order valence-electron chi connectivity index (χ4n) is 1.69. The quantitative estimate of drug-likeness (QED) is 0.758. The van der Waals surface area contributed by atoms with Crippen LogP contribution in [0.4, 0.5) is 0 Å². The lowest BCUT2D eigenvalue weighted by Gasteiger charge is -2.20. The molecule has 1 amide bonds. The van der Waals surface area contributed by atoms with Crippen molar-refractivity contribution < 1.29 is 14.6 Å². The number of nitrogens with zero attached hydrogens (tertiary/aromatic N) is 2. The summed E-state index contributed by atoms with van der Waals surface area (Å²) in [6.45, 7) is 2.08. The summed E-state index contributed by atoms with van der Waals surface area (Å²) in [4.78, 5) is 13.1. The number of aliphatic hydroxyl groups is 1. The minimum Gasteiger partial charge on any atom is -0.491 e. The summed E-state index contributed by atoms with van der Waals surface area (Å²) in [5, 5.41) is 21.6. The predicted octanol–water partition coefficient (Wildman–Crippen LogP) is 0.364. The summed E-state index contributed by atoms with van der Waals surface area (Å²) in [5.74, 6) is 0.482. The molecule has 114 valence electrons. The van der Waals surface area contributed by atoms with Crippen molar-refractivity contribution in [3.8, 4) is 11.8 Å². The Labute approximate surface area is 124 Å². The molecule has 0 aliphatic rings. The molecular formula is C15H21N3O3. The highest BCUT2D eigenvalue weighted by Crippen LogP contribution is 2.12. The van der Waals surface area contributed by atoms with Crippen LogP contribution in [-0.2, 0) is 4.79 Å². The Balaban J connectivity index is 2.36. The van der Waals surface area contributed by atoms with Crippen molar-refractivity contribution in [1.29, 1.82) is 5.26 Å². The largest absolute Gasteiger partial charge is 0.491 e. The first-order chi connectivity index (χ1) is 9.93. The number of benzene rings is 1. The number of hydrogen-bond acceptors (Lipinski definition) is 5. The van der Waals surface area contributed by atoms with E-state index < -0.39 is 6.10 Å². The molecule has 0 aromatic heterocycles. The summed E-state index contributed by atoms with van der Waals surface area (Å²) >= 11 is 0. The van der Waals surface area contributed by atoms with Gasteiger partial charge >= 0.3 is 0 Å². The molecule has 1 aromatic rings. The predicted molar refractivity (Wildman–Crippen MR) is 78.8 cm³/mol. The maximum atomic E-state index is 11.6. The smallest absolute Gasteiger partial charge is 0.238 e. The molecule has 0 saturated carbocycles. The van der Waals surface area contributed by atoms with E-state index in [4.69, 9.17) is 10.00 Å². The van der Waals surface area contributed by atoms with Crippen molar-refractivity contribution in [2.24, 2.45) is 0 Å². The molecule has 21 heavy (non-hydrogen) atoms. The van der Waals surface area contributed by atoms with Crippen LogP contribution in [0.5, 0.6) is 5.75 Å². The van der Waals surface area contributed by atoms with Crippen molar-refractivity contribution in [3.05, 3.63) is 29.8 Å². The van der Waals surface area contributed by atoms with Crippen LogP contribution in [0, 0.1) is 11.3 Å². The van der Waals surface area contributed by atoms with Gasteiger partial charge in [-0.1, -0.05) is 6.07 Å². The molecule has 0 spiro atoms. The number of nitrogens with one attached hydrogen (secondary N) is 1.